The molecule has 3 aliphatic heterocycles. The quantitative estimate of drug-likeness (QED) is 0.378. The third-order valence-electron chi connectivity index (χ3n) is 8.20. The minimum atomic E-state index is -0.652. The van der Waals surface area contributed by atoms with Gasteiger partial charge in [-0.25, -0.2) is 9.37 Å². The number of anilines is 1. The molecule has 2 saturated heterocycles. The molecule has 0 bridgehead atoms. The van der Waals surface area contributed by atoms with Gasteiger partial charge in [-0.1, -0.05) is 18.1 Å². The van der Waals surface area contributed by atoms with Gasteiger partial charge in [0.2, 0.25) is 5.88 Å². The number of rotatable bonds is 4. The molecule has 2 fully saturated rings. The van der Waals surface area contributed by atoms with Crippen molar-refractivity contribution in [1.29, 1.82) is 0 Å². The van der Waals surface area contributed by atoms with Crippen LogP contribution in [-0.2, 0) is 0 Å². The Morgan fingerprint density at radius 1 is 1.23 bits per heavy atom. The summed E-state index contributed by atoms with van der Waals surface area (Å²) in [6, 6.07) is 8.84. The molecule has 0 aliphatic carbocycles. The van der Waals surface area contributed by atoms with Crippen molar-refractivity contribution in [2.75, 3.05) is 51.3 Å². The molecule has 4 aromatic rings. The average Bonchev–Trinajstić information content (AvgIpc) is 3.31. The minimum Gasteiger partial charge on any atom is -0.508 e. The number of likely N-dealkylation sites (N-methyl/N-ethyl adjacent to an activating group) is 1. The second kappa shape index (κ2) is 9.77. The smallest absolute Gasteiger partial charge is 0.319 e. The summed E-state index contributed by atoms with van der Waals surface area (Å²) in [6.45, 7) is 3.91. The maximum absolute atomic E-state index is 16.7. The van der Waals surface area contributed by atoms with Crippen LogP contribution in [0.5, 0.6) is 17.6 Å². The Morgan fingerprint density at radius 3 is 2.95 bits per heavy atom. The zero-order valence-corrected chi connectivity index (χ0v) is 22.2. The summed E-state index contributed by atoms with van der Waals surface area (Å²) in [4.78, 5) is 18.4. The summed E-state index contributed by atoms with van der Waals surface area (Å²) in [6.07, 6.45) is 7.95. The Hall–Kier alpha value is -4.20. The molecule has 9 nitrogen and oxygen atoms in total. The van der Waals surface area contributed by atoms with Crippen LogP contribution in [-0.4, -0.2) is 83.5 Å². The van der Waals surface area contributed by atoms with E-state index in [4.69, 9.17) is 20.9 Å². The molecule has 204 valence electrons. The van der Waals surface area contributed by atoms with Gasteiger partial charge in [0.15, 0.2) is 5.82 Å². The lowest BCUT2D eigenvalue weighted by Crippen LogP contribution is -2.53. The number of aromatic hydroxyl groups is 1. The van der Waals surface area contributed by atoms with Gasteiger partial charge in [0.25, 0.3) is 0 Å². The number of aromatic nitrogens is 3. The second-order valence-corrected chi connectivity index (χ2v) is 10.6. The van der Waals surface area contributed by atoms with Gasteiger partial charge >= 0.3 is 6.01 Å². The number of hydrogen-bond donors (Lipinski definition) is 2. The van der Waals surface area contributed by atoms with Crippen molar-refractivity contribution in [1.82, 2.24) is 25.2 Å². The highest BCUT2D eigenvalue weighted by atomic mass is 19.1. The van der Waals surface area contributed by atoms with Crippen molar-refractivity contribution < 1.29 is 19.0 Å². The van der Waals surface area contributed by atoms with Crippen LogP contribution in [0.1, 0.15) is 18.4 Å². The topological polar surface area (TPSA) is 95.9 Å². The number of phenolic OH excluding ortho intramolecular Hbond substituents is 1. The maximum Gasteiger partial charge on any atom is 0.319 e. The maximum atomic E-state index is 16.7. The Balaban J connectivity index is 1.45. The monoisotopic (exact) mass is 540 g/mol. The summed E-state index contributed by atoms with van der Waals surface area (Å²) < 4.78 is 29.0. The number of likely N-dealkylation sites (tertiary alicyclic amines) is 1. The molecule has 0 saturated carbocycles. The Labute approximate surface area is 230 Å². The fourth-order valence-electron chi connectivity index (χ4n) is 6.10. The number of nitrogens with zero attached hydrogens (tertiary/aromatic N) is 5. The number of halogens is 1. The first kappa shape index (κ1) is 24.8. The van der Waals surface area contributed by atoms with Gasteiger partial charge in [0, 0.05) is 42.2 Å². The number of ether oxygens (including phenoxy) is 2. The number of terminal acetylenes is 1. The van der Waals surface area contributed by atoms with Gasteiger partial charge in [-0.2, -0.15) is 9.97 Å². The van der Waals surface area contributed by atoms with Crippen molar-refractivity contribution in [2.24, 2.45) is 0 Å². The largest absolute Gasteiger partial charge is 0.508 e. The van der Waals surface area contributed by atoms with E-state index in [9.17, 15) is 5.11 Å². The number of piperazine rings is 1. The van der Waals surface area contributed by atoms with Gasteiger partial charge < -0.3 is 29.7 Å². The summed E-state index contributed by atoms with van der Waals surface area (Å²) in [7, 11) is 2.08. The van der Waals surface area contributed by atoms with Crippen LogP contribution >= 0.6 is 0 Å². The highest BCUT2D eigenvalue weighted by molar-refractivity contribution is 6.04. The second-order valence-electron chi connectivity index (χ2n) is 10.6. The molecule has 0 amide bonds. The first-order valence-corrected chi connectivity index (χ1v) is 13.6. The molecule has 5 heterocycles. The molecule has 2 atom stereocenters. The van der Waals surface area contributed by atoms with Gasteiger partial charge in [0.1, 0.15) is 41.4 Å². The molecule has 40 heavy (non-hydrogen) atoms. The number of nitrogens with one attached hydrogen (secondary N) is 1. The predicted molar refractivity (Wildman–Crippen MR) is 150 cm³/mol. The van der Waals surface area contributed by atoms with Crippen molar-refractivity contribution in [3.8, 4) is 41.2 Å². The molecule has 2 aromatic heterocycles. The van der Waals surface area contributed by atoms with E-state index in [0.29, 0.717) is 59.4 Å². The highest BCUT2D eigenvalue weighted by Crippen LogP contribution is 2.43. The van der Waals surface area contributed by atoms with E-state index >= 15 is 4.39 Å². The number of pyridine rings is 1. The van der Waals surface area contributed by atoms with Gasteiger partial charge in [-0.3, -0.25) is 0 Å². The van der Waals surface area contributed by atoms with E-state index < -0.39 is 5.82 Å². The van der Waals surface area contributed by atoms with Gasteiger partial charge in [-0.15, -0.1) is 6.42 Å². The fourth-order valence-corrected chi connectivity index (χ4v) is 6.10. The first-order valence-electron chi connectivity index (χ1n) is 13.6. The lowest BCUT2D eigenvalue weighted by molar-refractivity contribution is 0.188. The van der Waals surface area contributed by atoms with E-state index in [0.717, 1.165) is 25.9 Å². The zero-order chi connectivity index (χ0) is 27.4. The number of phenols is 1. The first-order chi connectivity index (χ1) is 19.5. The predicted octanol–water partition coefficient (Wildman–Crippen LogP) is 3.31. The molecule has 2 unspecified atom stereocenters. The summed E-state index contributed by atoms with van der Waals surface area (Å²) >= 11 is 0. The third kappa shape index (κ3) is 4.05. The molecule has 2 N–H and O–H groups in total. The van der Waals surface area contributed by atoms with E-state index in [1.807, 2.05) is 6.07 Å². The summed E-state index contributed by atoms with van der Waals surface area (Å²) in [5.74, 6) is 2.80. The van der Waals surface area contributed by atoms with Crippen molar-refractivity contribution in [3.63, 3.8) is 0 Å². The molecule has 2 aromatic carbocycles. The van der Waals surface area contributed by atoms with Gasteiger partial charge in [0.05, 0.1) is 6.04 Å². The van der Waals surface area contributed by atoms with Gasteiger partial charge in [-0.05, 0) is 50.0 Å². The van der Waals surface area contributed by atoms with Crippen LogP contribution in [0.3, 0.4) is 0 Å². The summed E-state index contributed by atoms with van der Waals surface area (Å²) in [5, 5.41) is 15.7. The van der Waals surface area contributed by atoms with E-state index in [2.05, 4.69) is 38.1 Å². The summed E-state index contributed by atoms with van der Waals surface area (Å²) in [5.41, 5.74) is 0.988. The lowest BCUT2D eigenvalue weighted by Gasteiger charge is -2.35. The standard InChI is InChI=1S/C30H29FN6O3/c1-3-17-6-4-7-18-12-21(38)13-22(23(17)18)26-25(31)27-24-28(35-30(34-27)40-15-19-8-5-10-36(19)2)37-11-9-32-14-20(37)16-39-29(24)33-26/h1,4,6-7,12-13,19-20,32,38H,5,8-11,14-16H2,2H3. The van der Waals surface area contributed by atoms with E-state index in [1.165, 1.54) is 6.07 Å². The van der Waals surface area contributed by atoms with E-state index in [-0.39, 0.29) is 40.9 Å². The van der Waals surface area contributed by atoms with Crippen LogP contribution in [0, 0.1) is 18.2 Å². The molecular formula is C30H29FN6O3. The lowest BCUT2D eigenvalue weighted by atomic mass is 9.96. The molecule has 7 rings (SSSR count). The number of hydrogen-bond acceptors (Lipinski definition) is 9. The Morgan fingerprint density at radius 2 is 2.12 bits per heavy atom. The molecular weight excluding hydrogens is 511 g/mol. The van der Waals surface area contributed by atoms with E-state index in [1.54, 1.807) is 18.2 Å². The zero-order valence-electron chi connectivity index (χ0n) is 22.2. The number of fused-ring (bicyclic) bond motifs is 3. The normalized spacial score (nSPS) is 20.7. The minimum absolute atomic E-state index is 0.00442. The third-order valence-corrected chi connectivity index (χ3v) is 8.20. The van der Waals surface area contributed by atoms with Crippen LogP contribution < -0.4 is 19.7 Å². The van der Waals surface area contributed by atoms with Crippen molar-refractivity contribution in [3.05, 3.63) is 41.7 Å². The molecule has 0 radical (unpaired) electrons. The Kier molecular flexibility index (Phi) is 6.06. The molecule has 3 aliphatic rings. The fraction of sp³-hybridized carbons (Fsp3) is 0.367. The van der Waals surface area contributed by atoms with Crippen molar-refractivity contribution >= 4 is 27.5 Å². The number of benzene rings is 2. The SMILES string of the molecule is C#Cc1cccc2cc(O)cc(-c3nc4c5c(nc(OCC6CCCN6C)nc5c3F)N3CCNCC3CO4)c12. The van der Waals surface area contributed by atoms with Crippen LogP contribution in [0.2, 0.25) is 0 Å². The Bertz CT molecular complexity index is 1690. The molecule has 10 heteroatoms. The highest BCUT2D eigenvalue weighted by Gasteiger charge is 2.34. The average molecular weight is 541 g/mol. The van der Waals surface area contributed by atoms with Crippen molar-refractivity contribution in [2.45, 2.75) is 24.9 Å². The van der Waals surface area contributed by atoms with Crippen LogP contribution in [0.25, 0.3) is 32.9 Å². The van der Waals surface area contributed by atoms with Crippen LogP contribution in [0.15, 0.2) is 30.3 Å². The van der Waals surface area contributed by atoms with Crippen LogP contribution in [0.4, 0.5) is 10.2 Å². The molecule has 0 spiro atoms.